The van der Waals surface area contributed by atoms with Gasteiger partial charge in [-0.05, 0) is 54.4 Å². The Kier molecular flexibility index (Phi) is 3.79. The Balaban J connectivity index is 2.13. The van der Waals surface area contributed by atoms with E-state index >= 15 is 0 Å². The van der Waals surface area contributed by atoms with Crippen LogP contribution in [0.1, 0.15) is 22.6 Å². The first kappa shape index (κ1) is 14.2. The summed E-state index contributed by atoms with van der Waals surface area (Å²) in [5.74, 6) is 0.597. The van der Waals surface area contributed by atoms with Crippen molar-refractivity contribution in [2.24, 2.45) is 0 Å². The summed E-state index contributed by atoms with van der Waals surface area (Å²) in [7, 11) is 2.09. The molecule has 0 aromatic heterocycles. The molecule has 2 N–H and O–H groups in total. The van der Waals surface area contributed by atoms with Gasteiger partial charge in [-0.25, -0.2) is 0 Å². The minimum atomic E-state index is 0.137. The Bertz CT molecular complexity index is 655. The number of aromatic hydroxyl groups is 2. The van der Waals surface area contributed by atoms with Crippen molar-refractivity contribution in [1.29, 1.82) is 0 Å². The fourth-order valence-electron chi connectivity index (χ4n) is 3.01. The van der Waals surface area contributed by atoms with Gasteiger partial charge < -0.3 is 15.1 Å². The van der Waals surface area contributed by atoms with Crippen LogP contribution in [0.25, 0.3) is 0 Å². The molecule has 2 aromatic rings. The van der Waals surface area contributed by atoms with Crippen LogP contribution in [0.5, 0.6) is 11.5 Å². The molecule has 1 aliphatic heterocycles. The maximum Gasteiger partial charge on any atom is 0.117 e. The summed E-state index contributed by atoms with van der Waals surface area (Å²) in [5, 5.41) is 20.0. The van der Waals surface area contributed by atoms with Gasteiger partial charge in [0.25, 0.3) is 0 Å². The van der Waals surface area contributed by atoms with Gasteiger partial charge >= 0.3 is 0 Å². The predicted octanol–water partition coefficient (Wildman–Crippen LogP) is 3.37. The highest BCUT2D eigenvalue weighted by atomic mass is 35.5. The molecule has 0 spiro atoms. The van der Waals surface area contributed by atoms with Gasteiger partial charge in [0.2, 0.25) is 0 Å². The number of nitrogens with zero attached hydrogens (tertiary/aromatic N) is 1. The van der Waals surface area contributed by atoms with Crippen molar-refractivity contribution in [1.82, 2.24) is 4.90 Å². The molecule has 1 unspecified atom stereocenters. The van der Waals surface area contributed by atoms with Crippen LogP contribution in [0.2, 0.25) is 5.02 Å². The van der Waals surface area contributed by atoms with E-state index in [2.05, 4.69) is 11.9 Å². The lowest BCUT2D eigenvalue weighted by Gasteiger charge is -2.22. The molecule has 0 aliphatic carbocycles. The molecule has 110 valence electrons. The third kappa shape index (κ3) is 2.85. The van der Waals surface area contributed by atoms with Crippen LogP contribution < -0.4 is 0 Å². The second-order valence-corrected chi connectivity index (χ2v) is 6.06. The average molecular weight is 304 g/mol. The maximum atomic E-state index is 9.90. The zero-order valence-electron chi connectivity index (χ0n) is 11.9. The molecule has 0 amide bonds. The number of rotatable bonds is 1. The van der Waals surface area contributed by atoms with E-state index < -0.39 is 0 Å². The molecule has 3 nitrogen and oxygen atoms in total. The van der Waals surface area contributed by atoms with Gasteiger partial charge in [-0.2, -0.15) is 0 Å². The largest absolute Gasteiger partial charge is 0.508 e. The molecular weight excluding hydrogens is 286 g/mol. The monoisotopic (exact) mass is 303 g/mol. The Morgan fingerprint density at radius 3 is 2.52 bits per heavy atom. The highest BCUT2D eigenvalue weighted by Gasteiger charge is 2.25. The number of halogens is 1. The second kappa shape index (κ2) is 5.58. The summed E-state index contributed by atoms with van der Waals surface area (Å²) < 4.78 is 0. The molecule has 0 radical (unpaired) electrons. The van der Waals surface area contributed by atoms with E-state index in [4.69, 9.17) is 11.6 Å². The molecule has 1 atom stereocenters. The molecule has 4 heteroatoms. The fourth-order valence-corrected chi connectivity index (χ4v) is 3.33. The van der Waals surface area contributed by atoms with Crippen molar-refractivity contribution < 1.29 is 10.2 Å². The summed E-state index contributed by atoms with van der Waals surface area (Å²) in [6, 6.07) is 10.7. The lowest BCUT2D eigenvalue weighted by molar-refractivity contribution is 0.338. The van der Waals surface area contributed by atoms with E-state index in [1.165, 1.54) is 0 Å². The maximum absolute atomic E-state index is 9.90. The lowest BCUT2D eigenvalue weighted by Crippen LogP contribution is -2.24. The molecule has 0 bridgehead atoms. The van der Waals surface area contributed by atoms with Crippen molar-refractivity contribution in [2.75, 3.05) is 20.1 Å². The first-order valence-corrected chi connectivity index (χ1v) is 7.41. The minimum absolute atomic E-state index is 0.137. The third-order valence-electron chi connectivity index (χ3n) is 4.12. The Morgan fingerprint density at radius 2 is 1.81 bits per heavy atom. The number of phenolic OH excluding ortho intramolecular Hbond substituents is 2. The van der Waals surface area contributed by atoms with Gasteiger partial charge in [-0.3, -0.25) is 0 Å². The SMILES string of the molecule is CN1CCc2c(Cl)cc(O)cc2C(c2ccc(O)cc2)C1. The molecule has 2 aromatic carbocycles. The van der Waals surface area contributed by atoms with Crippen molar-refractivity contribution in [3.05, 3.63) is 58.1 Å². The zero-order chi connectivity index (χ0) is 15.0. The Labute approximate surface area is 129 Å². The van der Waals surface area contributed by atoms with E-state index in [-0.39, 0.29) is 17.4 Å². The third-order valence-corrected chi connectivity index (χ3v) is 4.46. The number of fused-ring (bicyclic) bond motifs is 1. The lowest BCUT2D eigenvalue weighted by atomic mass is 9.88. The standard InChI is InChI=1S/C17H18ClNO2/c1-19-7-6-14-15(8-13(21)9-17(14)18)16(10-19)11-2-4-12(20)5-3-11/h2-5,8-9,16,20-21H,6-7,10H2,1H3. The predicted molar refractivity (Wildman–Crippen MR) is 84.3 cm³/mol. The summed E-state index contributed by atoms with van der Waals surface area (Å²) >= 11 is 6.33. The molecule has 0 saturated carbocycles. The first-order chi connectivity index (χ1) is 10.0. The quantitative estimate of drug-likeness (QED) is 0.849. The van der Waals surface area contributed by atoms with Gasteiger partial charge in [-0.1, -0.05) is 23.7 Å². The Morgan fingerprint density at radius 1 is 1.10 bits per heavy atom. The topological polar surface area (TPSA) is 43.7 Å². The first-order valence-electron chi connectivity index (χ1n) is 7.03. The normalized spacial score (nSPS) is 19.0. The van der Waals surface area contributed by atoms with Crippen LogP contribution in [0.3, 0.4) is 0 Å². The van der Waals surface area contributed by atoms with Crippen molar-refractivity contribution >= 4 is 11.6 Å². The highest BCUT2D eigenvalue weighted by molar-refractivity contribution is 6.31. The van der Waals surface area contributed by atoms with Gasteiger partial charge in [-0.15, -0.1) is 0 Å². The summed E-state index contributed by atoms with van der Waals surface area (Å²) in [6.45, 7) is 1.80. The average Bonchev–Trinajstić information content (AvgIpc) is 2.60. The molecule has 1 aliphatic rings. The van der Waals surface area contributed by atoms with E-state index in [0.717, 1.165) is 36.2 Å². The number of benzene rings is 2. The molecular formula is C17H18ClNO2. The fraction of sp³-hybridized carbons (Fsp3) is 0.294. The van der Waals surface area contributed by atoms with Gasteiger partial charge in [0.1, 0.15) is 11.5 Å². The summed E-state index contributed by atoms with van der Waals surface area (Å²) in [6.07, 6.45) is 0.875. The summed E-state index contributed by atoms with van der Waals surface area (Å²) in [5.41, 5.74) is 3.30. The van der Waals surface area contributed by atoms with E-state index in [0.29, 0.717) is 5.02 Å². The number of phenols is 2. The Hall–Kier alpha value is -1.71. The van der Waals surface area contributed by atoms with Crippen molar-refractivity contribution in [3.8, 4) is 11.5 Å². The molecule has 21 heavy (non-hydrogen) atoms. The van der Waals surface area contributed by atoms with E-state index in [1.807, 2.05) is 18.2 Å². The highest BCUT2D eigenvalue weighted by Crippen LogP contribution is 2.37. The number of hydrogen-bond donors (Lipinski definition) is 2. The van der Waals surface area contributed by atoms with Crippen LogP contribution >= 0.6 is 11.6 Å². The van der Waals surface area contributed by atoms with Crippen LogP contribution in [-0.4, -0.2) is 35.3 Å². The molecule has 0 fully saturated rings. The number of likely N-dealkylation sites (N-methyl/N-ethyl adjacent to an activating group) is 1. The smallest absolute Gasteiger partial charge is 0.117 e. The minimum Gasteiger partial charge on any atom is -0.508 e. The van der Waals surface area contributed by atoms with Crippen LogP contribution in [0, 0.1) is 0 Å². The van der Waals surface area contributed by atoms with E-state index in [1.54, 1.807) is 18.2 Å². The van der Waals surface area contributed by atoms with Crippen LogP contribution in [-0.2, 0) is 6.42 Å². The van der Waals surface area contributed by atoms with Gasteiger partial charge in [0.15, 0.2) is 0 Å². The second-order valence-electron chi connectivity index (χ2n) is 5.65. The van der Waals surface area contributed by atoms with Gasteiger partial charge in [0.05, 0.1) is 0 Å². The van der Waals surface area contributed by atoms with Crippen molar-refractivity contribution in [2.45, 2.75) is 12.3 Å². The molecule has 3 rings (SSSR count). The van der Waals surface area contributed by atoms with Crippen molar-refractivity contribution in [3.63, 3.8) is 0 Å². The van der Waals surface area contributed by atoms with Crippen LogP contribution in [0.15, 0.2) is 36.4 Å². The van der Waals surface area contributed by atoms with Crippen LogP contribution in [0.4, 0.5) is 0 Å². The van der Waals surface area contributed by atoms with E-state index in [9.17, 15) is 10.2 Å². The molecule has 1 heterocycles. The molecule has 0 saturated heterocycles. The number of hydrogen-bond acceptors (Lipinski definition) is 3. The van der Waals surface area contributed by atoms with Gasteiger partial charge in [0, 0.05) is 24.0 Å². The zero-order valence-corrected chi connectivity index (χ0v) is 12.6. The summed E-state index contributed by atoms with van der Waals surface area (Å²) in [4.78, 5) is 2.27.